The smallest absolute Gasteiger partial charge is 0.458 e. The Morgan fingerprint density at radius 1 is 1.00 bits per heavy atom. The molecule has 2 aliphatic heterocycles. The Morgan fingerprint density at radius 2 is 1.68 bits per heavy atom. The summed E-state index contributed by atoms with van der Waals surface area (Å²) in [5.74, 6) is -4.05. The summed E-state index contributed by atoms with van der Waals surface area (Å²) in [4.78, 5) is 48.0. The zero-order valence-electron chi connectivity index (χ0n) is 32.6. The lowest BCUT2D eigenvalue weighted by Gasteiger charge is -2.34. The van der Waals surface area contributed by atoms with Gasteiger partial charge in [-0.1, -0.05) is 31.2 Å². The lowest BCUT2D eigenvalue weighted by molar-refractivity contribution is -0.193. The number of aryl methyl sites for hydroxylation is 1. The van der Waals surface area contributed by atoms with Crippen molar-refractivity contribution in [1.82, 2.24) is 20.3 Å². The van der Waals surface area contributed by atoms with Gasteiger partial charge >= 0.3 is 29.9 Å². The van der Waals surface area contributed by atoms with Crippen LogP contribution in [0.5, 0.6) is 5.75 Å². The summed E-state index contributed by atoms with van der Waals surface area (Å²) < 4.78 is 72.5. The molecule has 4 N–H and O–H groups in total. The van der Waals surface area contributed by atoms with Gasteiger partial charge in [-0.15, -0.1) is 0 Å². The van der Waals surface area contributed by atoms with Crippen molar-refractivity contribution in [3.8, 4) is 22.9 Å². The molecule has 0 bridgehead atoms. The molecule has 1 atom stereocenters. The number of carbonyl (C=O) groups is 3. The van der Waals surface area contributed by atoms with Crippen molar-refractivity contribution in [2.24, 2.45) is 0 Å². The summed E-state index contributed by atoms with van der Waals surface area (Å²) in [5, 5.41) is 29.2. The number of carboxylic acid groups (broad SMARTS) is 1. The average Bonchev–Trinajstić information content (AvgIpc) is 3.25. The van der Waals surface area contributed by atoms with E-state index in [4.69, 9.17) is 15.0 Å². The lowest BCUT2D eigenvalue weighted by Crippen LogP contribution is -2.42. The summed E-state index contributed by atoms with van der Waals surface area (Å²) in [6.45, 7) is 5.28. The first-order chi connectivity index (χ1) is 28.5. The van der Waals surface area contributed by atoms with E-state index in [0.29, 0.717) is 36.0 Å². The zero-order chi connectivity index (χ0) is 43.6. The van der Waals surface area contributed by atoms with Gasteiger partial charge in [0.1, 0.15) is 35.6 Å². The van der Waals surface area contributed by atoms with E-state index >= 15 is 0 Å². The molecule has 318 valence electrons. The van der Waals surface area contributed by atoms with E-state index in [0.717, 1.165) is 84.9 Å². The number of fused-ring (bicyclic) bond motifs is 1. The number of ether oxygens (including phenoxy) is 1. The second-order valence-electron chi connectivity index (χ2n) is 13.9. The molecule has 0 radical (unpaired) electrons. The number of nitrogens with zero attached hydrogens (tertiary/aromatic N) is 5. The van der Waals surface area contributed by atoms with Crippen LogP contribution < -0.4 is 25.6 Å². The molecule has 13 nitrogen and oxygen atoms in total. The normalized spacial score (nSPS) is 14.7. The summed E-state index contributed by atoms with van der Waals surface area (Å²) in [6, 6.07) is 18.8. The minimum absolute atomic E-state index is 0.150. The number of hydrogen-bond acceptors (Lipinski definition) is 12. The summed E-state index contributed by atoms with van der Waals surface area (Å²) in [7, 11) is 1.61. The molecule has 1 saturated heterocycles. The van der Waals surface area contributed by atoms with Crippen molar-refractivity contribution in [3.05, 3.63) is 88.9 Å². The van der Waals surface area contributed by atoms with Gasteiger partial charge in [0.25, 0.3) is 0 Å². The van der Waals surface area contributed by atoms with Crippen LogP contribution in [0.1, 0.15) is 60.1 Å². The summed E-state index contributed by atoms with van der Waals surface area (Å²) >= 11 is 0. The SMILES string of the molecule is CCc1c(NC[C@H](NCc2ccc(OC)c(-c3ccc(C#N)cc3)c2)C(=O)O)ncnc1N1CCC(c2ccc3c(n2)NCCC3)CC1.O=C(C(=O)C(F)(F)F)C(F)(F)F. The van der Waals surface area contributed by atoms with Gasteiger partial charge in [0.15, 0.2) is 0 Å². The van der Waals surface area contributed by atoms with Crippen molar-refractivity contribution in [2.45, 2.75) is 69.9 Å². The zero-order valence-corrected chi connectivity index (χ0v) is 32.6. The second-order valence-corrected chi connectivity index (χ2v) is 13.9. The van der Waals surface area contributed by atoms with Gasteiger partial charge in [0, 0.05) is 55.5 Å². The number of hydrogen-bond donors (Lipinski definition) is 4. The number of anilines is 3. The van der Waals surface area contributed by atoms with Crippen LogP contribution in [-0.4, -0.2) is 89.3 Å². The predicted molar refractivity (Wildman–Crippen MR) is 209 cm³/mol. The van der Waals surface area contributed by atoms with Crippen LogP contribution in [0.15, 0.2) is 60.9 Å². The van der Waals surface area contributed by atoms with Crippen LogP contribution in [0.25, 0.3) is 11.1 Å². The number of pyridine rings is 1. The Kier molecular flexibility index (Phi) is 14.7. The predicted octanol–water partition coefficient (Wildman–Crippen LogP) is 6.63. The average molecular weight is 841 g/mol. The van der Waals surface area contributed by atoms with E-state index in [1.165, 1.54) is 5.56 Å². The summed E-state index contributed by atoms with van der Waals surface area (Å²) in [6.07, 6.45) is -5.04. The lowest BCUT2D eigenvalue weighted by atomic mass is 9.92. The van der Waals surface area contributed by atoms with Crippen molar-refractivity contribution < 1.29 is 50.6 Å². The van der Waals surface area contributed by atoms with E-state index in [1.807, 2.05) is 30.3 Å². The Hall–Kier alpha value is -6.29. The molecule has 60 heavy (non-hydrogen) atoms. The number of nitrogens with one attached hydrogen (secondary N) is 3. The van der Waals surface area contributed by atoms with Crippen molar-refractivity contribution in [3.63, 3.8) is 0 Å². The van der Waals surface area contributed by atoms with Gasteiger partial charge in [0.2, 0.25) is 0 Å². The Bertz CT molecular complexity index is 2180. The molecule has 4 heterocycles. The van der Waals surface area contributed by atoms with Crippen molar-refractivity contribution >= 4 is 35.0 Å². The highest BCUT2D eigenvalue weighted by Crippen LogP contribution is 2.34. The molecular weight excluding hydrogens is 798 g/mol. The van der Waals surface area contributed by atoms with Crippen molar-refractivity contribution in [1.29, 1.82) is 5.26 Å². The minimum Gasteiger partial charge on any atom is -0.496 e. The fraction of sp³-hybridized carbons (Fsp3) is 0.390. The van der Waals surface area contributed by atoms with E-state index in [9.17, 15) is 45.8 Å². The number of nitriles is 1. The van der Waals surface area contributed by atoms with Gasteiger partial charge in [-0.05, 0) is 79.1 Å². The quantitative estimate of drug-likeness (QED) is 0.0833. The van der Waals surface area contributed by atoms with Crippen LogP contribution in [0.2, 0.25) is 0 Å². The number of alkyl halides is 6. The highest BCUT2D eigenvalue weighted by atomic mass is 19.4. The molecule has 0 unspecified atom stereocenters. The number of aromatic nitrogens is 3. The van der Waals surface area contributed by atoms with Crippen LogP contribution in [0.3, 0.4) is 0 Å². The Balaban J connectivity index is 0.000000496. The first-order valence-electron chi connectivity index (χ1n) is 19.0. The van der Waals surface area contributed by atoms with E-state index in [2.05, 4.69) is 55.9 Å². The highest BCUT2D eigenvalue weighted by Gasteiger charge is 2.54. The number of ketones is 2. The molecule has 1 fully saturated rings. The molecule has 0 saturated carbocycles. The fourth-order valence-corrected chi connectivity index (χ4v) is 6.87. The molecule has 0 amide bonds. The van der Waals surface area contributed by atoms with Gasteiger partial charge in [0.05, 0.1) is 18.7 Å². The van der Waals surface area contributed by atoms with Crippen LogP contribution >= 0.6 is 0 Å². The number of carbonyl (C=O) groups excluding carboxylic acids is 2. The number of Topliss-reactive ketones (excluding diaryl/α,β-unsaturated/α-hetero) is 2. The number of aliphatic carboxylic acids is 1. The molecular formula is C41H42F6N8O5. The van der Waals surface area contributed by atoms with Crippen LogP contribution in [0.4, 0.5) is 43.8 Å². The molecule has 2 aromatic heterocycles. The first-order valence-corrected chi connectivity index (χ1v) is 19.0. The maximum Gasteiger partial charge on any atom is 0.458 e. The Labute approximate surface area is 341 Å². The molecule has 6 rings (SSSR count). The molecule has 19 heteroatoms. The molecule has 2 aromatic carbocycles. The van der Waals surface area contributed by atoms with E-state index in [-0.39, 0.29) is 6.54 Å². The standard InChI is InChI=1S/C37H42N8O3.C4F6O2/c1-3-29-35(42-23-43-36(29)45-17-14-27(15-18-45)31-12-11-28-5-4-16-39-34(28)44-31)41-22-32(37(46)47)40-21-25-8-13-33(48-2)30(19-25)26-9-6-24(20-38)7-10-26;5-3(6,7)1(11)2(12)4(8,9)10/h6-13,19,23,27,32,40H,3-5,14-18,21-22H2,1-2H3,(H,39,44)(H,46,47)(H,41,42,43);/t32-;/m0./s1. The Morgan fingerprint density at radius 3 is 2.28 bits per heavy atom. The minimum atomic E-state index is -5.77. The third-order valence-corrected chi connectivity index (χ3v) is 10.0. The van der Waals surface area contributed by atoms with Gasteiger partial charge in [-0.2, -0.15) is 31.6 Å². The molecule has 4 aromatic rings. The summed E-state index contributed by atoms with van der Waals surface area (Å²) in [5.41, 5.74) is 6.72. The number of rotatable bonds is 13. The third-order valence-electron chi connectivity index (χ3n) is 10.0. The third kappa shape index (κ3) is 11.3. The fourth-order valence-electron chi connectivity index (χ4n) is 6.87. The number of carboxylic acids is 1. The maximum absolute atomic E-state index is 12.3. The van der Waals surface area contributed by atoms with Crippen molar-refractivity contribution in [2.75, 3.05) is 48.8 Å². The highest BCUT2D eigenvalue weighted by molar-refractivity contribution is 6.41. The number of benzene rings is 2. The van der Waals surface area contributed by atoms with Gasteiger partial charge in [-0.25, -0.2) is 15.0 Å². The second kappa shape index (κ2) is 19.6. The number of methoxy groups -OCH3 is 1. The first kappa shape index (κ1) is 44.8. The molecule has 0 aliphatic carbocycles. The van der Waals surface area contributed by atoms with E-state index < -0.39 is 35.9 Å². The van der Waals surface area contributed by atoms with Crippen LogP contribution in [0, 0.1) is 11.3 Å². The van der Waals surface area contributed by atoms with Gasteiger partial charge in [-0.3, -0.25) is 19.7 Å². The van der Waals surface area contributed by atoms with E-state index in [1.54, 1.807) is 25.6 Å². The maximum atomic E-state index is 12.3. The largest absolute Gasteiger partial charge is 0.496 e. The number of piperidine rings is 1. The monoisotopic (exact) mass is 840 g/mol. The number of halogens is 6. The topological polar surface area (TPSA) is 182 Å². The van der Waals surface area contributed by atoms with Crippen LogP contribution in [-0.2, 0) is 33.8 Å². The van der Waals surface area contributed by atoms with Gasteiger partial charge < -0.3 is 25.4 Å². The molecule has 2 aliphatic rings. The molecule has 0 spiro atoms.